The number of ether oxygens (including phenoxy) is 1. The van der Waals surface area contributed by atoms with Crippen molar-refractivity contribution in [1.29, 1.82) is 0 Å². The molecule has 2 amide bonds. The van der Waals surface area contributed by atoms with Crippen LogP contribution >= 0.6 is 0 Å². The standard InChI is InChI=1S/C24H29FN6O3/c1-4-34-21-11-9-20(10-12-21)30(15-22(32)26-14-13-17(2)3)23(33)16-31-28-24(27-29-31)18-5-7-19(25)8-6-18/h5-12,17H,4,13-16H2,1-3H3,(H,26,32). The predicted molar refractivity (Wildman–Crippen MR) is 126 cm³/mol. The first-order valence-electron chi connectivity index (χ1n) is 11.2. The molecular formula is C24H29FN6O3. The van der Waals surface area contributed by atoms with E-state index in [1.54, 1.807) is 24.3 Å². The summed E-state index contributed by atoms with van der Waals surface area (Å²) in [4.78, 5) is 28.2. The quantitative estimate of drug-likeness (QED) is 0.464. The van der Waals surface area contributed by atoms with E-state index in [4.69, 9.17) is 4.74 Å². The molecule has 0 spiro atoms. The van der Waals surface area contributed by atoms with Crippen LogP contribution < -0.4 is 15.0 Å². The zero-order valence-electron chi connectivity index (χ0n) is 19.6. The van der Waals surface area contributed by atoms with Gasteiger partial charge < -0.3 is 15.0 Å². The maximum atomic E-state index is 13.2. The molecule has 3 aromatic rings. The lowest BCUT2D eigenvalue weighted by Gasteiger charge is -2.22. The fraction of sp³-hybridized carbons (Fsp3) is 0.375. The maximum Gasteiger partial charge on any atom is 0.251 e. The molecule has 10 heteroatoms. The van der Waals surface area contributed by atoms with E-state index >= 15 is 0 Å². The van der Waals surface area contributed by atoms with Crippen LogP contribution in [-0.4, -0.2) is 51.7 Å². The van der Waals surface area contributed by atoms with E-state index in [1.165, 1.54) is 29.2 Å². The fourth-order valence-corrected chi connectivity index (χ4v) is 3.14. The van der Waals surface area contributed by atoms with Gasteiger partial charge in [-0.2, -0.15) is 4.80 Å². The lowest BCUT2D eigenvalue weighted by molar-refractivity contribution is -0.124. The first kappa shape index (κ1) is 24.8. The van der Waals surface area contributed by atoms with Gasteiger partial charge in [0.05, 0.1) is 6.61 Å². The van der Waals surface area contributed by atoms with Crippen molar-refractivity contribution in [3.8, 4) is 17.1 Å². The van der Waals surface area contributed by atoms with Gasteiger partial charge in [-0.05, 0) is 73.0 Å². The number of nitrogens with zero attached hydrogens (tertiary/aromatic N) is 5. The van der Waals surface area contributed by atoms with Crippen LogP contribution in [0.4, 0.5) is 10.1 Å². The summed E-state index contributed by atoms with van der Waals surface area (Å²) in [5.74, 6) is 0.378. The van der Waals surface area contributed by atoms with E-state index in [1.807, 2.05) is 6.92 Å². The molecule has 0 saturated heterocycles. The molecule has 180 valence electrons. The van der Waals surface area contributed by atoms with Crippen LogP contribution in [-0.2, 0) is 16.1 Å². The second-order valence-electron chi connectivity index (χ2n) is 8.09. The normalized spacial score (nSPS) is 10.9. The van der Waals surface area contributed by atoms with Crippen molar-refractivity contribution in [3.63, 3.8) is 0 Å². The predicted octanol–water partition coefficient (Wildman–Crippen LogP) is 3.07. The summed E-state index contributed by atoms with van der Waals surface area (Å²) in [5.41, 5.74) is 1.12. The van der Waals surface area contributed by atoms with E-state index in [0.717, 1.165) is 11.2 Å². The van der Waals surface area contributed by atoms with Crippen molar-refractivity contribution in [2.24, 2.45) is 5.92 Å². The number of nitrogens with one attached hydrogen (secondary N) is 1. The van der Waals surface area contributed by atoms with Gasteiger partial charge in [0.25, 0.3) is 5.91 Å². The number of anilines is 1. The molecule has 1 heterocycles. The van der Waals surface area contributed by atoms with Crippen molar-refractivity contribution >= 4 is 17.5 Å². The zero-order chi connectivity index (χ0) is 24.5. The van der Waals surface area contributed by atoms with Gasteiger partial charge in [-0.25, -0.2) is 4.39 Å². The Balaban J connectivity index is 1.74. The van der Waals surface area contributed by atoms with Crippen LogP contribution in [0, 0.1) is 11.7 Å². The number of hydrogen-bond donors (Lipinski definition) is 1. The summed E-state index contributed by atoms with van der Waals surface area (Å²) in [7, 11) is 0. The second-order valence-corrected chi connectivity index (χ2v) is 8.09. The summed E-state index contributed by atoms with van der Waals surface area (Å²) in [6.45, 7) is 6.73. The van der Waals surface area contributed by atoms with E-state index in [2.05, 4.69) is 34.6 Å². The molecule has 1 aromatic heterocycles. The third kappa shape index (κ3) is 7.09. The average molecular weight is 469 g/mol. The molecule has 0 aliphatic heterocycles. The molecule has 0 bridgehead atoms. The van der Waals surface area contributed by atoms with Gasteiger partial charge in [0.2, 0.25) is 11.7 Å². The minimum atomic E-state index is -0.383. The molecule has 9 nitrogen and oxygen atoms in total. The van der Waals surface area contributed by atoms with Gasteiger partial charge in [0.1, 0.15) is 24.7 Å². The Hall–Kier alpha value is -3.82. The first-order chi connectivity index (χ1) is 16.4. The Morgan fingerprint density at radius 1 is 1.12 bits per heavy atom. The van der Waals surface area contributed by atoms with Crippen LogP contribution in [0.1, 0.15) is 27.2 Å². The minimum absolute atomic E-state index is 0.148. The SMILES string of the molecule is CCOc1ccc(N(CC(=O)NCCC(C)C)C(=O)Cn2nnc(-c3ccc(F)cc3)n2)cc1. The lowest BCUT2D eigenvalue weighted by Crippen LogP contribution is -2.43. The van der Waals surface area contributed by atoms with Crippen molar-refractivity contribution in [2.75, 3.05) is 24.6 Å². The number of benzene rings is 2. The van der Waals surface area contributed by atoms with Gasteiger partial charge in [-0.1, -0.05) is 13.8 Å². The number of amides is 2. The summed E-state index contributed by atoms with van der Waals surface area (Å²) in [5, 5.41) is 14.9. The maximum absolute atomic E-state index is 13.2. The van der Waals surface area contributed by atoms with E-state index in [-0.39, 0.29) is 36.5 Å². The van der Waals surface area contributed by atoms with Crippen LogP contribution in [0.15, 0.2) is 48.5 Å². The summed E-state index contributed by atoms with van der Waals surface area (Å²) in [6, 6.07) is 12.6. The molecule has 2 aromatic carbocycles. The molecule has 0 radical (unpaired) electrons. The van der Waals surface area contributed by atoms with Crippen molar-refractivity contribution < 1.29 is 18.7 Å². The molecule has 0 atom stereocenters. The number of rotatable bonds is 11. The molecule has 3 rings (SSSR count). The third-order valence-corrected chi connectivity index (χ3v) is 4.94. The Morgan fingerprint density at radius 3 is 2.47 bits per heavy atom. The number of carbonyl (C=O) groups excluding carboxylic acids is 2. The summed E-state index contributed by atoms with van der Waals surface area (Å²) < 4.78 is 18.6. The Labute approximate surface area is 197 Å². The van der Waals surface area contributed by atoms with Gasteiger partial charge in [-0.15, -0.1) is 10.2 Å². The summed E-state index contributed by atoms with van der Waals surface area (Å²) in [6.07, 6.45) is 0.845. The monoisotopic (exact) mass is 468 g/mol. The van der Waals surface area contributed by atoms with Crippen LogP contribution in [0.25, 0.3) is 11.4 Å². The van der Waals surface area contributed by atoms with Gasteiger partial charge in [0.15, 0.2) is 0 Å². The minimum Gasteiger partial charge on any atom is -0.494 e. The molecule has 34 heavy (non-hydrogen) atoms. The van der Waals surface area contributed by atoms with Crippen LogP contribution in [0.5, 0.6) is 5.75 Å². The Kier molecular flexibility index (Phi) is 8.66. The molecule has 0 unspecified atom stereocenters. The highest BCUT2D eigenvalue weighted by Crippen LogP contribution is 2.20. The van der Waals surface area contributed by atoms with Gasteiger partial charge >= 0.3 is 0 Å². The van der Waals surface area contributed by atoms with E-state index in [0.29, 0.717) is 36.1 Å². The lowest BCUT2D eigenvalue weighted by atomic mass is 10.1. The summed E-state index contributed by atoms with van der Waals surface area (Å²) >= 11 is 0. The smallest absolute Gasteiger partial charge is 0.251 e. The van der Waals surface area contributed by atoms with E-state index < -0.39 is 0 Å². The largest absolute Gasteiger partial charge is 0.494 e. The molecule has 0 aliphatic rings. The van der Waals surface area contributed by atoms with Gasteiger partial charge in [-0.3, -0.25) is 9.59 Å². The average Bonchev–Trinajstić information content (AvgIpc) is 3.27. The van der Waals surface area contributed by atoms with Gasteiger partial charge in [0, 0.05) is 17.8 Å². The highest BCUT2D eigenvalue weighted by Gasteiger charge is 2.21. The Morgan fingerprint density at radius 2 is 1.82 bits per heavy atom. The highest BCUT2D eigenvalue weighted by molar-refractivity contribution is 5.98. The van der Waals surface area contributed by atoms with Crippen LogP contribution in [0.2, 0.25) is 0 Å². The number of tetrazole rings is 1. The molecule has 0 saturated carbocycles. The Bertz CT molecular complexity index is 1080. The highest BCUT2D eigenvalue weighted by atomic mass is 19.1. The zero-order valence-corrected chi connectivity index (χ0v) is 19.6. The topological polar surface area (TPSA) is 102 Å². The second kappa shape index (κ2) is 11.9. The number of halogens is 1. The number of carbonyl (C=O) groups is 2. The van der Waals surface area contributed by atoms with Crippen LogP contribution in [0.3, 0.4) is 0 Å². The van der Waals surface area contributed by atoms with Crippen molar-refractivity contribution in [2.45, 2.75) is 33.7 Å². The fourth-order valence-electron chi connectivity index (χ4n) is 3.14. The molecule has 0 aliphatic carbocycles. The van der Waals surface area contributed by atoms with Crippen molar-refractivity contribution in [1.82, 2.24) is 25.5 Å². The van der Waals surface area contributed by atoms with Crippen molar-refractivity contribution in [3.05, 3.63) is 54.3 Å². The molecule has 1 N–H and O–H groups in total. The molecular weight excluding hydrogens is 439 g/mol. The third-order valence-electron chi connectivity index (χ3n) is 4.94. The number of aromatic nitrogens is 4. The number of hydrogen-bond acceptors (Lipinski definition) is 6. The van der Waals surface area contributed by atoms with E-state index in [9.17, 15) is 14.0 Å². The first-order valence-corrected chi connectivity index (χ1v) is 11.2. The molecule has 0 fully saturated rings.